The molecule has 0 amide bonds. The quantitative estimate of drug-likeness (QED) is 0.550. The van der Waals surface area contributed by atoms with E-state index in [1.165, 1.54) is 0 Å². The van der Waals surface area contributed by atoms with E-state index in [9.17, 15) is 4.79 Å². The van der Waals surface area contributed by atoms with Crippen molar-refractivity contribution in [1.82, 2.24) is 14.6 Å². The topological polar surface area (TPSA) is 54.5 Å². The fourth-order valence-corrected chi connectivity index (χ4v) is 3.94. The number of hydrogen-bond acceptors (Lipinski definition) is 5. The lowest BCUT2D eigenvalue weighted by Gasteiger charge is -2.34. The van der Waals surface area contributed by atoms with E-state index in [1.807, 2.05) is 59.3 Å². The third-order valence-corrected chi connectivity index (χ3v) is 5.57. The molecule has 5 rings (SSSR count). The highest BCUT2D eigenvalue weighted by molar-refractivity contribution is 5.88. The van der Waals surface area contributed by atoms with Gasteiger partial charge in [0.1, 0.15) is 0 Å². The summed E-state index contributed by atoms with van der Waals surface area (Å²) in [6.45, 7) is 5.28. The van der Waals surface area contributed by atoms with Gasteiger partial charge in [-0.25, -0.2) is 0 Å². The minimum atomic E-state index is 0.0887. The summed E-state index contributed by atoms with van der Waals surface area (Å²) in [7, 11) is 0. The maximum absolute atomic E-state index is 12.7. The molecule has 1 saturated heterocycles. The lowest BCUT2D eigenvalue weighted by Crippen LogP contribution is -2.47. The van der Waals surface area contributed by atoms with Crippen LogP contribution in [0.3, 0.4) is 0 Å². The molecule has 2 aromatic carbocycles. The molecule has 0 spiro atoms. The molecule has 1 fully saturated rings. The van der Waals surface area contributed by atoms with Crippen LogP contribution < -0.4 is 10.5 Å². The van der Waals surface area contributed by atoms with Crippen LogP contribution in [0.2, 0.25) is 0 Å². The van der Waals surface area contributed by atoms with E-state index in [0.29, 0.717) is 6.54 Å². The Bertz CT molecular complexity index is 1170. The lowest BCUT2D eigenvalue weighted by molar-refractivity contribution is 0.246. The summed E-state index contributed by atoms with van der Waals surface area (Å²) in [4.78, 5) is 17.3. The average Bonchev–Trinajstić information content (AvgIpc) is 3.18. The van der Waals surface area contributed by atoms with Crippen LogP contribution in [-0.2, 0) is 6.54 Å². The first kappa shape index (κ1) is 17.0. The van der Waals surface area contributed by atoms with Crippen molar-refractivity contribution >= 4 is 27.6 Å². The molecule has 4 aromatic rings. The highest BCUT2D eigenvalue weighted by Gasteiger charge is 2.21. The molecule has 1 aliphatic rings. The molecule has 0 aliphatic carbocycles. The Morgan fingerprint density at radius 3 is 2.46 bits per heavy atom. The van der Waals surface area contributed by atoms with Gasteiger partial charge in [-0.2, -0.15) is 0 Å². The molecule has 1 aliphatic heterocycles. The van der Waals surface area contributed by atoms with Crippen molar-refractivity contribution < 1.29 is 4.52 Å². The van der Waals surface area contributed by atoms with Gasteiger partial charge in [0.25, 0.3) is 5.56 Å². The third-order valence-electron chi connectivity index (χ3n) is 5.57. The van der Waals surface area contributed by atoms with Crippen molar-refractivity contribution in [2.45, 2.75) is 6.54 Å². The summed E-state index contributed by atoms with van der Waals surface area (Å²) in [6.07, 6.45) is 1.91. The van der Waals surface area contributed by atoms with Crippen LogP contribution in [0.25, 0.3) is 21.7 Å². The first-order valence-electron chi connectivity index (χ1n) is 9.69. The number of benzene rings is 2. The number of piperazine rings is 1. The largest absolute Gasteiger partial charge is 0.354 e. The van der Waals surface area contributed by atoms with Crippen LogP contribution in [0.1, 0.15) is 0 Å². The highest BCUT2D eigenvalue weighted by atomic mass is 16.5. The van der Waals surface area contributed by atoms with Gasteiger partial charge >= 0.3 is 0 Å². The Labute approximate surface area is 162 Å². The van der Waals surface area contributed by atoms with Crippen LogP contribution in [-0.4, -0.2) is 47.3 Å². The van der Waals surface area contributed by atoms with E-state index in [2.05, 4.69) is 21.0 Å². The second-order valence-corrected chi connectivity index (χ2v) is 7.23. The molecular formula is C22H22N4O2. The zero-order valence-corrected chi connectivity index (χ0v) is 15.6. The van der Waals surface area contributed by atoms with Crippen molar-refractivity contribution in [3.8, 4) is 0 Å². The zero-order chi connectivity index (χ0) is 18.9. The number of pyridine rings is 1. The smallest absolute Gasteiger partial charge is 0.258 e. The van der Waals surface area contributed by atoms with Crippen LogP contribution >= 0.6 is 0 Å². The van der Waals surface area contributed by atoms with Gasteiger partial charge in [-0.1, -0.05) is 35.5 Å². The Balaban J connectivity index is 1.23. The van der Waals surface area contributed by atoms with Gasteiger partial charge in [0.05, 0.1) is 5.39 Å². The van der Waals surface area contributed by atoms with E-state index >= 15 is 0 Å². The average molecular weight is 374 g/mol. The number of rotatable bonds is 4. The summed E-state index contributed by atoms with van der Waals surface area (Å²) in [6, 6.07) is 17.8. The Hall–Kier alpha value is -3.12. The Morgan fingerprint density at radius 1 is 0.857 bits per heavy atom. The second kappa shape index (κ2) is 7.13. The number of nitrogens with zero attached hydrogens (tertiary/aromatic N) is 4. The molecule has 28 heavy (non-hydrogen) atoms. The first-order chi connectivity index (χ1) is 13.8. The Morgan fingerprint density at radius 2 is 1.61 bits per heavy atom. The van der Waals surface area contributed by atoms with E-state index in [-0.39, 0.29) is 5.56 Å². The first-order valence-corrected chi connectivity index (χ1v) is 9.69. The second-order valence-electron chi connectivity index (χ2n) is 7.23. The monoisotopic (exact) mass is 374 g/mol. The van der Waals surface area contributed by atoms with Gasteiger partial charge in [-0.3, -0.25) is 9.69 Å². The van der Waals surface area contributed by atoms with Gasteiger partial charge < -0.3 is 14.0 Å². The van der Waals surface area contributed by atoms with Crippen LogP contribution in [0, 0.1) is 0 Å². The van der Waals surface area contributed by atoms with Gasteiger partial charge in [-0.05, 0) is 29.7 Å². The molecule has 6 heteroatoms. The molecular weight excluding hydrogens is 352 g/mol. The normalized spacial score (nSPS) is 15.5. The maximum Gasteiger partial charge on any atom is 0.258 e. The molecule has 2 aromatic heterocycles. The van der Waals surface area contributed by atoms with E-state index in [4.69, 9.17) is 4.52 Å². The summed E-state index contributed by atoms with van der Waals surface area (Å²) >= 11 is 0. The number of hydrogen-bond donors (Lipinski definition) is 0. The van der Waals surface area contributed by atoms with Gasteiger partial charge in [0.15, 0.2) is 11.4 Å². The van der Waals surface area contributed by atoms with Gasteiger partial charge in [-0.15, -0.1) is 0 Å². The molecule has 0 radical (unpaired) electrons. The number of fused-ring (bicyclic) bond motifs is 2. The lowest BCUT2D eigenvalue weighted by atomic mass is 10.2. The predicted octanol–water partition coefficient (Wildman–Crippen LogP) is 2.96. The van der Waals surface area contributed by atoms with Crippen molar-refractivity contribution in [2.75, 3.05) is 37.6 Å². The van der Waals surface area contributed by atoms with E-state index in [1.54, 1.807) is 0 Å². The maximum atomic E-state index is 12.7. The van der Waals surface area contributed by atoms with E-state index < -0.39 is 0 Å². The van der Waals surface area contributed by atoms with Crippen LogP contribution in [0.5, 0.6) is 0 Å². The molecule has 142 valence electrons. The number of aromatic nitrogens is 2. The molecule has 3 heterocycles. The standard InChI is InChI=1S/C22H22N4O2/c27-22-18-6-2-1-5-17(18)9-10-26(22)16-13-24-11-14-25(15-12-24)21-19-7-3-4-8-20(19)28-23-21/h1-10H,11-16H2. The molecule has 0 saturated carbocycles. The van der Waals surface area contributed by atoms with Crippen molar-refractivity contribution in [2.24, 2.45) is 0 Å². The third kappa shape index (κ3) is 3.05. The minimum absolute atomic E-state index is 0.0887. The molecule has 6 nitrogen and oxygen atoms in total. The van der Waals surface area contributed by atoms with Crippen LogP contribution in [0.15, 0.2) is 70.1 Å². The number of para-hydroxylation sites is 1. The zero-order valence-electron chi connectivity index (χ0n) is 15.6. The molecule has 0 bridgehead atoms. The Kier molecular flexibility index (Phi) is 4.33. The van der Waals surface area contributed by atoms with Crippen LogP contribution in [0.4, 0.5) is 5.82 Å². The fraction of sp³-hybridized carbons (Fsp3) is 0.273. The summed E-state index contributed by atoms with van der Waals surface area (Å²) < 4.78 is 7.26. The highest BCUT2D eigenvalue weighted by Crippen LogP contribution is 2.26. The van der Waals surface area contributed by atoms with Crippen molar-refractivity contribution in [1.29, 1.82) is 0 Å². The van der Waals surface area contributed by atoms with Crippen molar-refractivity contribution in [3.05, 3.63) is 71.1 Å². The van der Waals surface area contributed by atoms with Gasteiger partial charge in [0.2, 0.25) is 0 Å². The molecule has 0 unspecified atom stereocenters. The molecule has 0 atom stereocenters. The SMILES string of the molecule is O=c1c2ccccc2ccn1CCN1CCN(c2noc3ccccc23)CC1. The van der Waals surface area contributed by atoms with Crippen molar-refractivity contribution in [3.63, 3.8) is 0 Å². The summed E-state index contributed by atoms with van der Waals surface area (Å²) in [5.41, 5.74) is 0.918. The fourth-order valence-electron chi connectivity index (χ4n) is 3.94. The number of anilines is 1. The summed E-state index contributed by atoms with van der Waals surface area (Å²) in [5.74, 6) is 0.931. The van der Waals surface area contributed by atoms with Gasteiger partial charge in [0, 0.05) is 50.9 Å². The molecule has 0 N–H and O–H groups in total. The van der Waals surface area contributed by atoms with E-state index in [0.717, 1.165) is 60.3 Å². The summed E-state index contributed by atoms with van der Waals surface area (Å²) in [5, 5.41) is 7.12. The predicted molar refractivity (Wildman–Crippen MR) is 111 cm³/mol. The minimum Gasteiger partial charge on any atom is -0.354 e.